The molecule has 0 fully saturated rings. The van der Waals surface area contributed by atoms with Gasteiger partial charge in [0.15, 0.2) is 5.82 Å². The van der Waals surface area contributed by atoms with Gasteiger partial charge in [-0.2, -0.15) is 4.98 Å². The summed E-state index contributed by atoms with van der Waals surface area (Å²) in [6, 6.07) is 0. The number of carbonyl (C=O) groups excluding carboxylic acids is 1. The van der Waals surface area contributed by atoms with Gasteiger partial charge in [-0.1, -0.05) is 0 Å². The van der Waals surface area contributed by atoms with Gasteiger partial charge in [-0.15, -0.1) is 0 Å². The molecule has 6 nitrogen and oxygen atoms in total. The molecule has 1 heterocycles. The largest absolute Gasteiger partial charge is 0.322 e. The van der Waals surface area contributed by atoms with Crippen LogP contribution in [0.5, 0.6) is 0 Å². The fraction of sp³-hybridized carbons (Fsp3) is 0.167. The van der Waals surface area contributed by atoms with Gasteiger partial charge in [-0.25, -0.2) is 10.8 Å². The van der Waals surface area contributed by atoms with E-state index in [1.807, 2.05) is 0 Å². The zero-order chi connectivity index (χ0) is 9.84. The van der Waals surface area contributed by atoms with Crippen LogP contribution >= 0.6 is 11.6 Å². The van der Waals surface area contributed by atoms with E-state index in [9.17, 15) is 4.79 Å². The Hall–Kier alpha value is -1.40. The summed E-state index contributed by atoms with van der Waals surface area (Å²) < 4.78 is 0. The molecule has 7 heteroatoms. The molecule has 1 aromatic rings. The number of hydrogen-bond donors (Lipinski definition) is 3. The zero-order valence-electron chi connectivity index (χ0n) is 6.84. The molecule has 1 amide bonds. The molecule has 4 N–H and O–H groups in total. The lowest BCUT2D eigenvalue weighted by molar-refractivity contribution is -0.114. The molecule has 0 saturated carbocycles. The highest BCUT2D eigenvalue weighted by Crippen LogP contribution is 2.17. The summed E-state index contributed by atoms with van der Waals surface area (Å²) in [5, 5.41) is 2.54. The first-order valence-corrected chi connectivity index (χ1v) is 3.78. The Morgan fingerprint density at radius 2 is 2.38 bits per heavy atom. The second kappa shape index (κ2) is 4.01. The molecule has 0 aliphatic heterocycles. The van der Waals surface area contributed by atoms with Gasteiger partial charge < -0.3 is 10.7 Å². The molecule has 13 heavy (non-hydrogen) atoms. The second-order valence-electron chi connectivity index (χ2n) is 2.23. The molecular formula is C6H8ClN5O. The van der Waals surface area contributed by atoms with Gasteiger partial charge in [-0.3, -0.25) is 4.79 Å². The Labute approximate surface area is 79.5 Å². The molecule has 0 aliphatic rings. The molecular weight excluding hydrogens is 194 g/mol. The molecule has 70 valence electrons. The van der Waals surface area contributed by atoms with E-state index in [0.717, 1.165) is 0 Å². The molecule has 0 radical (unpaired) electrons. The van der Waals surface area contributed by atoms with Crippen LogP contribution in [0.1, 0.15) is 6.92 Å². The van der Waals surface area contributed by atoms with Gasteiger partial charge in [-0.05, 0) is 11.6 Å². The smallest absolute Gasteiger partial charge is 0.224 e. The standard InChI is InChI=1S/C6H8ClN5O/c1-3(13)10-4-2-9-6(7)11-5(4)12-8/h2H,8H2,1H3,(H,10,13)(H,9,11,12). The van der Waals surface area contributed by atoms with Crippen LogP contribution in [-0.2, 0) is 4.79 Å². The summed E-state index contributed by atoms with van der Waals surface area (Å²) in [6.45, 7) is 1.37. The van der Waals surface area contributed by atoms with E-state index in [-0.39, 0.29) is 17.0 Å². The lowest BCUT2D eigenvalue weighted by Crippen LogP contribution is -2.14. The first-order valence-electron chi connectivity index (χ1n) is 3.40. The van der Waals surface area contributed by atoms with Crippen LogP contribution in [0.4, 0.5) is 11.5 Å². The molecule has 0 saturated heterocycles. The Balaban J connectivity index is 2.99. The molecule has 0 aromatic carbocycles. The topological polar surface area (TPSA) is 92.9 Å². The van der Waals surface area contributed by atoms with Gasteiger partial charge in [0.05, 0.1) is 6.20 Å². The lowest BCUT2D eigenvalue weighted by atomic mass is 10.4. The van der Waals surface area contributed by atoms with Crippen molar-refractivity contribution in [2.45, 2.75) is 6.92 Å². The van der Waals surface area contributed by atoms with Gasteiger partial charge in [0, 0.05) is 6.92 Å². The highest BCUT2D eigenvalue weighted by molar-refractivity contribution is 6.28. The Morgan fingerprint density at radius 3 is 2.92 bits per heavy atom. The van der Waals surface area contributed by atoms with E-state index in [1.165, 1.54) is 13.1 Å². The van der Waals surface area contributed by atoms with E-state index < -0.39 is 0 Å². The van der Waals surface area contributed by atoms with E-state index >= 15 is 0 Å². The Kier molecular flexibility index (Phi) is 2.99. The number of carbonyl (C=O) groups is 1. The number of anilines is 2. The molecule has 0 unspecified atom stereocenters. The first-order chi connectivity index (χ1) is 6.13. The third-order valence-electron chi connectivity index (χ3n) is 1.21. The summed E-state index contributed by atoms with van der Waals surface area (Å²) in [7, 11) is 0. The molecule has 0 aliphatic carbocycles. The molecule has 1 aromatic heterocycles. The van der Waals surface area contributed by atoms with Gasteiger partial charge in [0.25, 0.3) is 0 Å². The molecule has 0 spiro atoms. The van der Waals surface area contributed by atoms with Crippen molar-refractivity contribution >= 4 is 29.0 Å². The van der Waals surface area contributed by atoms with Crippen LogP contribution in [0, 0.1) is 0 Å². The molecule has 0 bridgehead atoms. The highest BCUT2D eigenvalue weighted by Gasteiger charge is 2.05. The minimum atomic E-state index is -0.234. The Morgan fingerprint density at radius 1 is 1.69 bits per heavy atom. The number of halogens is 1. The Bertz CT molecular complexity index is 329. The minimum absolute atomic E-state index is 0.0575. The zero-order valence-corrected chi connectivity index (χ0v) is 7.59. The summed E-state index contributed by atoms with van der Waals surface area (Å²) in [5.41, 5.74) is 2.68. The van der Waals surface area contributed by atoms with Crippen molar-refractivity contribution in [2.75, 3.05) is 10.7 Å². The van der Waals surface area contributed by atoms with Crippen LogP contribution in [0.25, 0.3) is 0 Å². The van der Waals surface area contributed by atoms with Gasteiger partial charge >= 0.3 is 0 Å². The maximum Gasteiger partial charge on any atom is 0.224 e. The van der Waals surface area contributed by atoms with Crippen molar-refractivity contribution in [3.05, 3.63) is 11.5 Å². The predicted molar refractivity (Wildman–Crippen MR) is 49.2 cm³/mol. The van der Waals surface area contributed by atoms with Gasteiger partial charge in [0.2, 0.25) is 11.2 Å². The summed E-state index contributed by atoms with van der Waals surface area (Å²) >= 11 is 5.50. The van der Waals surface area contributed by atoms with E-state index in [2.05, 4.69) is 20.7 Å². The van der Waals surface area contributed by atoms with Crippen molar-refractivity contribution in [1.29, 1.82) is 0 Å². The maximum absolute atomic E-state index is 10.7. The number of nitrogens with zero attached hydrogens (tertiary/aromatic N) is 2. The average molecular weight is 202 g/mol. The summed E-state index contributed by atoms with van der Waals surface area (Å²) in [6.07, 6.45) is 1.37. The second-order valence-corrected chi connectivity index (χ2v) is 2.56. The summed E-state index contributed by atoms with van der Waals surface area (Å²) in [4.78, 5) is 18.1. The minimum Gasteiger partial charge on any atom is -0.322 e. The number of rotatable bonds is 2. The number of hydrazine groups is 1. The number of hydrogen-bond acceptors (Lipinski definition) is 5. The fourth-order valence-corrected chi connectivity index (χ4v) is 0.885. The van der Waals surface area contributed by atoms with Crippen molar-refractivity contribution in [3.8, 4) is 0 Å². The number of nitrogens with two attached hydrogens (primary N) is 1. The van der Waals surface area contributed by atoms with Crippen LogP contribution in [0.3, 0.4) is 0 Å². The van der Waals surface area contributed by atoms with E-state index in [4.69, 9.17) is 17.4 Å². The number of nitrogen functional groups attached to an aromatic ring is 1. The quantitative estimate of drug-likeness (QED) is 0.365. The van der Waals surface area contributed by atoms with Crippen LogP contribution < -0.4 is 16.6 Å². The monoisotopic (exact) mass is 201 g/mol. The number of amides is 1. The predicted octanol–water partition coefficient (Wildman–Crippen LogP) is 0.374. The van der Waals surface area contributed by atoms with Crippen molar-refractivity contribution in [3.63, 3.8) is 0 Å². The van der Waals surface area contributed by atoms with Crippen LogP contribution in [0.2, 0.25) is 5.28 Å². The molecule has 1 rings (SSSR count). The third kappa shape index (κ3) is 2.53. The first kappa shape index (κ1) is 9.69. The van der Waals surface area contributed by atoms with Crippen LogP contribution in [-0.4, -0.2) is 15.9 Å². The normalized spacial score (nSPS) is 9.46. The van der Waals surface area contributed by atoms with Crippen LogP contribution in [0.15, 0.2) is 6.20 Å². The lowest BCUT2D eigenvalue weighted by Gasteiger charge is -2.06. The van der Waals surface area contributed by atoms with Crippen molar-refractivity contribution < 1.29 is 4.79 Å². The van der Waals surface area contributed by atoms with Gasteiger partial charge in [0.1, 0.15) is 5.69 Å². The number of aromatic nitrogens is 2. The summed E-state index contributed by atoms with van der Waals surface area (Å²) in [5.74, 6) is 5.18. The average Bonchev–Trinajstić information content (AvgIpc) is 2.07. The van der Waals surface area contributed by atoms with Crippen molar-refractivity contribution in [1.82, 2.24) is 9.97 Å². The SMILES string of the molecule is CC(=O)Nc1cnc(Cl)nc1NN. The third-order valence-corrected chi connectivity index (χ3v) is 1.39. The highest BCUT2D eigenvalue weighted by atomic mass is 35.5. The fourth-order valence-electron chi connectivity index (χ4n) is 0.751. The van der Waals surface area contributed by atoms with Crippen molar-refractivity contribution in [2.24, 2.45) is 5.84 Å². The van der Waals surface area contributed by atoms with E-state index in [0.29, 0.717) is 5.69 Å². The maximum atomic E-state index is 10.7. The molecule has 0 atom stereocenters. The van der Waals surface area contributed by atoms with E-state index in [1.54, 1.807) is 0 Å². The number of nitrogens with one attached hydrogen (secondary N) is 2.